The topological polar surface area (TPSA) is 56.2 Å². The monoisotopic (exact) mass is 269 g/mol. The molecule has 2 heterocycles. The fourth-order valence-electron chi connectivity index (χ4n) is 2.43. The second kappa shape index (κ2) is 6.25. The molecule has 0 aromatic carbocycles. The SMILES string of the molecule is CNCc1cnc(C2CCOCC2)n1C(F)C(C)=O. The van der Waals surface area contributed by atoms with E-state index in [1.54, 1.807) is 13.2 Å². The molecule has 2 rings (SSSR count). The van der Waals surface area contributed by atoms with Gasteiger partial charge in [0.1, 0.15) is 5.82 Å². The van der Waals surface area contributed by atoms with Gasteiger partial charge in [-0.2, -0.15) is 0 Å². The molecule has 19 heavy (non-hydrogen) atoms. The van der Waals surface area contributed by atoms with Crippen LogP contribution in [0.15, 0.2) is 6.20 Å². The van der Waals surface area contributed by atoms with E-state index in [1.165, 1.54) is 11.5 Å². The van der Waals surface area contributed by atoms with Crippen molar-refractivity contribution in [2.75, 3.05) is 20.3 Å². The lowest BCUT2D eigenvalue weighted by Gasteiger charge is -2.24. The first-order valence-corrected chi connectivity index (χ1v) is 6.58. The van der Waals surface area contributed by atoms with E-state index in [0.29, 0.717) is 31.3 Å². The molecule has 1 aliphatic rings. The predicted molar refractivity (Wildman–Crippen MR) is 68.6 cm³/mol. The van der Waals surface area contributed by atoms with E-state index in [4.69, 9.17) is 4.74 Å². The van der Waals surface area contributed by atoms with Crippen molar-refractivity contribution in [3.63, 3.8) is 0 Å². The van der Waals surface area contributed by atoms with E-state index in [1.807, 2.05) is 0 Å². The van der Waals surface area contributed by atoms with Gasteiger partial charge in [-0.25, -0.2) is 9.37 Å². The van der Waals surface area contributed by atoms with Crippen molar-refractivity contribution in [3.8, 4) is 0 Å². The van der Waals surface area contributed by atoms with Gasteiger partial charge in [-0.15, -0.1) is 0 Å². The maximum atomic E-state index is 14.2. The average Bonchev–Trinajstić information content (AvgIpc) is 2.83. The third-order valence-corrected chi connectivity index (χ3v) is 3.41. The Morgan fingerprint density at radius 2 is 2.32 bits per heavy atom. The number of rotatable bonds is 5. The number of aromatic nitrogens is 2. The number of ketones is 1. The number of hydrogen-bond donors (Lipinski definition) is 1. The molecule has 0 bridgehead atoms. The zero-order valence-electron chi connectivity index (χ0n) is 11.4. The lowest BCUT2D eigenvalue weighted by molar-refractivity contribution is -0.124. The highest BCUT2D eigenvalue weighted by molar-refractivity contribution is 5.78. The number of nitrogens with zero attached hydrogens (tertiary/aromatic N) is 2. The van der Waals surface area contributed by atoms with E-state index in [9.17, 15) is 9.18 Å². The van der Waals surface area contributed by atoms with Crippen molar-refractivity contribution >= 4 is 5.78 Å². The van der Waals surface area contributed by atoms with Gasteiger partial charge in [0.05, 0.1) is 5.69 Å². The standard InChI is InChI=1S/C13H20FN3O2/c1-9(18)12(14)17-11(7-15-2)8-16-13(17)10-3-5-19-6-4-10/h8,10,12,15H,3-7H2,1-2H3. The van der Waals surface area contributed by atoms with Crippen LogP contribution in [0.2, 0.25) is 0 Å². The van der Waals surface area contributed by atoms with Crippen LogP contribution in [0.4, 0.5) is 4.39 Å². The number of carbonyl (C=O) groups excluding carboxylic acids is 1. The molecule has 1 aromatic heterocycles. The normalized spacial score (nSPS) is 18.5. The van der Waals surface area contributed by atoms with Crippen LogP contribution in [0.3, 0.4) is 0 Å². The summed E-state index contributed by atoms with van der Waals surface area (Å²) in [5.41, 5.74) is 0.701. The first-order chi connectivity index (χ1) is 9.15. The Bertz CT molecular complexity index is 441. The van der Waals surface area contributed by atoms with Crippen molar-refractivity contribution in [1.82, 2.24) is 14.9 Å². The maximum absolute atomic E-state index is 14.2. The second-order valence-corrected chi connectivity index (χ2v) is 4.84. The summed E-state index contributed by atoms with van der Waals surface area (Å²) < 4.78 is 21.0. The third-order valence-electron chi connectivity index (χ3n) is 3.41. The Morgan fingerprint density at radius 3 is 2.89 bits per heavy atom. The largest absolute Gasteiger partial charge is 0.381 e. The third kappa shape index (κ3) is 3.01. The lowest BCUT2D eigenvalue weighted by atomic mass is 9.99. The Balaban J connectivity index is 2.33. The van der Waals surface area contributed by atoms with Gasteiger partial charge in [-0.1, -0.05) is 0 Å². The van der Waals surface area contributed by atoms with Gasteiger partial charge in [0, 0.05) is 31.9 Å². The van der Waals surface area contributed by atoms with Crippen molar-refractivity contribution in [1.29, 1.82) is 0 Å². The molecular weight excluding hydrogens is 249 g/mol. The molecule has 0 spiro atoms. The van der Waals surface area contributed by atoms with Crippen molar-refractivity contribution < 1.29 is 13.9 Å². The molecule has 106 valence electrons. The number of hydrogen-bond acceptors (Lipinski definition) is 4. The summed E-state index contributed by atoms with van der Waals surface area (Å²) in [4.78, 5) is 15.7. The molecule has 1 atom stereocenters. The summed E-state index contributed by atoms with van der Waals surface area (Å²) in [7, 11) is 1.78. The summed E-state index contributed by atoms with van der Waals surface area (Å²) in [6.45, 7) is 3.08. The Labute approximate surface area is 112 Å². The van der Waals surface area contributed by atoms with Crippen molar-refractivity contribution in [3.05, 3.63) is 17.7 Å². The van der Waals surface area contributed by atoms with Crippen LogP contribution in [0.25, 0.3) is 0 Å². The summed E-state index contributed by atoms with van der Waals surface area (Å²) in [5.74, 6) is 0.330. The van der Waals surface area contributed by atoms with Gasteiger partial charge in [0.2, 0.25) is 6.30 Å². The molecule has 1 unspecified atom stereocenters. The minimum Gasteiger partial charge on any atom is -0.381 e. The average molecular weight is 269 g/mol. The summed E-state index contributed by atoms with van der Waals surface area (Å²) in [5, 5.41) is 2.97. The molecule has 6 heteroatoms. The molecule has 1 aliphatic heterocycles. The smallest absolute Gasteiger partial charge is 0.236 e. The fourth-order valence-corrected chi connectivity index (χ4v) is 2.43. The van der Waals surface area contributed by atoms with Gasteiger partial charge in [0.25, 0.3) is 0 Å². The summed E-state index contributed by atoms with van der Waals surface area (Å²) in [6, 6.07) is 0. The van der Waals surface area contributed by atoms with Gasteiger partial charge >= 0.3 is 0 Å². The van der Waals surface area contributed by atoms with Gasteiger partial charge in [-0.3, -0.25) is 9.36 Å². The molecule has 1 aromatic rings. The van der Waals surface area contributed by atoms with E-state index in [2.05, 4.69) is 10.3 Å². The molecule has 1 fully saturated rings. The van der Waals surface area contributed by atoms with E-state index in [0.717, 1.165) is 12.8 Å². The Hall–Kier alpha value is -1.27. The highest BCUT2D eigenvalue weighted by Gasteiger charge is 2.27. The molecule has 0 radical (unpaired) electrons. The quantitative estimate of drug-likeness (QED) is 0.881. The number of halogens is 1. The lowest BCUT2D eigenvalue weighted by Crippen LogP contribution is -2.24. The first kappa shape index (κ1) is 14.1. The highest BCUT2D eigenvalue weighted by atomic mass is 19.1. The minimum atomic E-state index is -1.65. The van der Waals surface area contributed by atoms with Gasteiger partial charge in [-0.05, 0) is 26.8 Å². The van der Waals surface area contributed by atoms with Crippen molar-refractivity contribution in [2.45, 2.75) is 38.5 Å². The predicted octanol–water partition coefficient (Wildman–Crippen LogP) is 1.55. The summed E-state index contributed by atoms with van der Waals surface area (Å²) in [6.07, 6.45) is 1.64. The van der Waals surface area contributed by atoms with Crippen molar-refractivity contribution in [2.24, 2.45) is 0 Å². The number of imidazole rings is 1. The molecule has 1 N–H and O–H groups in total. The van der Waals surface area contributed by atoms with Gasteiger partial charge < -0.3 is 10.1 Å². The fraction of sp³-hybridized carbons (Fsp3) is 0.692. The van der Waals surface area contributed by atoms with E-state index in [-0.39, 0.29) is 5.92 Å². The van der Waals surface area contributed by atoms with Crippen LogP contribution >= 0.6 is 0 Å². The number of Topliss-reactive ketones (excluding diaryl/α,β-unsaturated/α-hetero) is 1. The maximum Gasteiger partial charge on any atom is 0.236 e. The highest BCUT2D eigenvalue weighted by Crippen LogP contribution is 2.29. The number of alkyl halides is 1. The molecule has 1 saturated heterocycles. The van der Waals surface area contributed by atoms with Crippen LogP contribution in [0, 0.1) is 0 Å². The Kier molecular flexibility index (Phi) is 4.66. The van der Waals surface area contributed by atoms with Crippen LogP contribution in [0.5, 0.6) is 0 Å². The number of ether oxygens (including phenoxy) is 1. The van der Waals surface area contributed by atoms with Crippen LogP contribution in [-0.4, -0.2) is 35.6 Å². The molecular formula is C13H20FN3O2. The van der Waals surface area contributed by atoms with Crippen LogP contribution in [0.1, 0.15) is 43.5 Å². The zero-order valence-corrected chi connectivity index (χ0v) is 11.4. The van der Waals surface area contributed by atoms with E-state index >= 15 is 0 Å². The van der Waals surface area contributed by atoms with Gasteiger partial charge in [0.15, 0.2) is 5.78 Å². The molecule has 5 nitrogen and oxygen atoms in total. The molecule has 0 aliphatic carbocycles. The van der Waals surface area contributed by atoms with E-state index < -0.39 is 12.1 Å². The second-order valence-electron chi connectivity index (χ2n) is 4.84. The first-order valence-electron chi connectivity index (χ1n) is 6.58. The number of carbonyl (C=O) groups is 1. The minimum absolute atomic E-state index is 0.164. The van der Waals surface area contributed by atoms with Crippen LogP contribution in [-0.2, 0) is 16.1 Å². The Morgan fingerprint density at radius 1 is 1.63 bits per heavy atom. The molecule has 0 amide bonds. The number of nitrogens with one attached hydrogen (secondary N) is 1. The molecule has 0 saturated carbocycles. The summed E-state index contributed by atoms with van der Waals surface area (Å²) >= 11 is 0. The zero-order chi connectivity index (χ0) is 13.8. The van der Waals surface area contributed by atoms with Crippen LogP contribution < -0.4 is 5.32 Å².